The lowest BCUT2D eigenvalue weighted by Gasteiger charge is -2.41. The Kier molecular flexibility index (Phi) is 3.04. The Hall–Kier alpha value is -2.14. The summed E-state index contributed by atoms with van der Waals surface area (Å²) < 4.78 is 11.3. The summed E-state index contributed by atoms with van der Waals surface area (Å²) in [5.41, 5.74) is 2.60. The van der Waals surface area contributed by atoms with Gasteiger partial charge in [0.05, 0.1) is 13.2 Å². The van der Waals surface area contributed by atoms with E-state index >= 15 is 0 Å². The number of carbonyl (C=O) groups is 1. The van der Waals surface area contributed by atoms with Crippen LogP contribution in [0.3, 0.4) is 0 Å². The lowest BCUT2D eigenvalue weighted by Crippen LogP contribution is -2.51. The van der Waals surface area contributed by atoms with Crippen molar-refractivity contribution in [1.82, 2.24) is 9.88 Å². The first kappa shape index (κ1) is 13.5. The number of ether oxygens (including phenoxy) is 1. The van der Waals surface area contributed by atoms with E-state index in [0.717, 1.165) is 12.8 Å². The molecule has 5 nitrogen and oxygen atoms in total. The summed E-state index contributed by atoms with van der Waals surface area (Å²) >= 11 is 0. The molecular weight excluding hydrogens is 280 g/mol. The van der Waals surface area contributed by atoms with Crippen molar-refractivity contribution in [3.8, 4) is 0 Å². The lowest BCUT2D eigenvalue weighted by molar-refractivity contribution is -0.104. The van der Waals surface area contributed by atoms with Crippen LogP contribution in [0.2, 0.25) is 0 Å². The standard InChI is InChI=1S/C17H18N2O3/c1-12-15(18-11-21-12)16(20)19-8-9-22-17(10-19)7-6-13-4-2-3-5-14(13)17/h2-5,11H,6-10H2,1H3. The van der Waals surface area contributed by atoms with Crippen molar-refractivity contribution >= 4 is 5.91 Å². The van der Waals surface area contributed by atoms with E-state index in [1.807, 2.05) is 11.0 Å². The monoisotopic (exact) mass is 298 g/mol. The predicted octanol–water partition coefficient (Wildman–Crippen LogP) is 2.30. The summed E-state index contributed by atoms with van der Waals surface area (Å²) in [6.07, 6.45) is 3.25. The van der Waals surface area contributed by atoms with Gasteiger partial charge in [0, 0.05) is 6.54 Å². The number of rotatable bonds is 1. The van der Waals surface area contributed by atoms with Crippen LogP contribution >= 0.6 is 0 Å². The normalized spacial score (nSPS) is 23.8. The number of fused-ring (bicyclic) bond motifs is 2. The van der Waals surface area contributed by atoms with Gasteiger partial charge in [-0.25, -0.2) is 4.98 Å². The average molecular weight is 298 g/mol. The highest BCUT2D eigenvalue weighted by atomic mass is 16.5. The summed E-state index contributed by atoms with van der Waals surface area (Å²) in [7, 11) is 0. The van der Waals surface area contributed by atoms with E-state index in [9.17, 15) is 4.79 Å². The first-order valence-corrected chi connectivity index (χ1v) is 7.61. The van der Waals surface area contributed by atoms with Crippen molar-refractivity contribution in [1.29, 1.82) is 0 Å². The highest BCUT2D eigenvalue weighted by Crippen LogP contribution is 2.42. The SMILES string of the molecule is Cc1ocnc1C(=O)N1CCOC2(CCc3ccccc32)C1. The zero-order chi connectivity index (χ0) is 15.2. The topological polar surface area (TPSA) is 55.6 Å². The molecule has 1 aromatic carbocycles. The van der Waals surface area contributed by atoms with E-state index in [-0.39, 0.29) is 11.5 Å². The van der Waals surface area contributed by atoms with Crippen molar-refractivity contribution in [3.63, 3.8) is 0 Å². The van der Waals surface area contributed by atoms with Gasteiger partial charge in [0.25, 0.3) is 5.91 Å². The molecule has 0 radical (unpaired) electrons. The second-order valence-corrected chi connectivity index (χ2v) is 5.98. The fourth-order valence-corrected chi connectivity index (χ4v) is 3.59. The van der Waals surface area contributed by atoms with Gasteiger partial charge in [0.2, 0.25) is 0 Å². The molecule has 1 aliphatic carbocycles. The molecule has 2 aliphatic rings. The molecular formula is C17H18N2O3. The van der Waals surface area contributed by atoms with Crippen molar-refractivity contribution in [3.05, 3.63) is 53.2 Å². The Morgan fingerprint density at radius 1 is 1.36 bits per heavy atom. The summed E-state index contributed by atoms with van der Waals surface area (Å²) in [5.74, 6) is 0.496. The summed E-state index contributed by atoms with van der Waals surface area (Å²) in [6.45, 7) is 3.49. The van der Waals surface area contributed by atoms with E-state index in [4.69, 9.17) is 9.15 Å². The molecule has 1 aromatic heterocycles. The third-order valence-electron chi connectivity index (χ3n) is 4.73. The van der Waals surface area contributed by atoms with Crippen LogP contribution < -0.4 is 0 Å². The summed E-state index contributed by atoms with van der Waals surface area (Å²) in [6, 6.07) is 8.37. The summed E-state index contributed by atoms with van der Waals surface area (Å²) in [5, 5.41) is 0. The van der Waals surface area contributed by atoms with Crippen LogP contribution in [-0.4, -0.2) is 35.5 Å². The number of morpholine rings is 1. The van der Waals surface area contributed by atoms with Crippen LogP contribution in [-0.2, 0) is 16.8 Å². The minimum atomic E-state index is -0.359. The molecule has 22 heavy (non-hydrogen) atoms. The van der Waals surface area contributed by atoms with Gasteiger partial charge in [0.15, 0.2) is 12.1 Å². The van der Waals surface area contributed by atoms with Gasteiger partial charge in [-0.3, -0.25) is 4.79 Å². The first-order valence-electron chi connectivity index (χ1n) is 7.61. The number of hydrogen-bond donors (Lipinski definition) is 0. The molecule has 0 N–H and O–H groups in total. The van der Waals surface area contributed by atoms with Crippen LogP contribution in [0.15, 0.2) is 35.1 Å². The fourth-order valence-electron chi connectivity index (χ4n) is 3.59. The minimum Gasteiger partial charge on any atom is -0.448 e. The van der Waals surface area contributed by atoms with Gasteiger partial charge in [-0.15, -0.1) is 0 Å². The molecule has 0 saturated carbocycles. The lowest BCUT2D eigenvalue weighted by atomic mass is 9.93. The number of aryl methyl sites for hydroxylation is 2. The second kappa shape index (κ2) is 4.95. The Morgan fingerprint density at radius 3 is 3.05 bits per heavy atom. The largest absolute Gasteiger partial charge is 0.448 e. The third kappa shape index (κ3) is 1.96. The van der Waals surface area contributed by atoms with Crippen LogP contribution in [0.1, 0.15) is 33.8 Å². The molecule has 0 bridgehead atoms. The van der Waals surface area contributed by atoms with E-state index in [1.165, 1.54) is 17.5 Å². The number of nitrogens with zero attached hydrogens (tertiary/aromatic N) is 2. The Balaban J connectivity index is 1.64. The van der Waals surface area contributed by atoms with Crippen molar-refractivity contribution in [2.24, 2.45) is 0 Å². The molecule has 1 spiro atoms. The zero-order valence-electron chi connectivity index (χ0n) is 12.5. The highest BCUT2D eigenvalue weighted by Gasteiger charge is 2.44. The first-order chi connectivity index (χ1) is 10.7. The van der Waals surface area contributed by atoms with Gasteiger partial charge in [0.1, 0.15) is 11.4 Å². The highest BCUT2D eigenvalue weighted by molar-refractivity contribution is 5.93. The quantitative estimate of drug-likeness (QED) is 0.810. The molecule has 2 heterocycles. The Bertz CT molecular complexity index is 720. The summed E-state index contributed by atoms with van der Waals surface area (Å²) in [4.78, 5) is 18.6. The van der Waals surface area contributed by atoms with Gasteiger partial charge >= 0.3 is 0 Å². The number of aromatic nitrogens is 1. The van der Waals surface area contributed by atoms with E-state index < -0.39 is 0 Å². The number of amides is 1. The van der Waals surface area contributed by atoms with E-state index in [1.54, 1.807) is 6.92 Å². The number of oxazole rings is 1. The van der Waals surface area contributed by atoms with Gasteiger partial charge in [-0.1, -0.05) is 24.3 Å². The molecule has 1 atom stereocenters. The number of carbonyl (C=O) groups excluding carboxylic acids is 1. The van der Waals surface area contributed by atoms with Crippen molar-refractivity contribution in [2.45, 2.75) is 25.4 Å². The maximum absolute atomic E-state index is 12.7. The number of hydrogen-bond acceptors (Lipinski definition) is 4. The van der Waals surface area contributed by atoms with Crippen LogP contribution in [0, 0.1) is 6.92 Å². The van der Waals surface area contributed by atoms with Gasteiger partial charge < -0.3 is 14.1 Å². The Morgan fingerprint density at radius 2 is 2.23 bits per heavy atom. The fraction of sp³-hybridized carbons (Fsp3) is 0.412. The molecule has 5 heteroatoms. The second-order valence-electron chi connectivity index (χ2n) is 5.98. The minimum absolute atomic E-state index is 0.0710. The van der Waals surface area contributed by atoms with Crippen LogP contribution in [0.4, 0.5) is 0 Å². The maximum Gasteiger partial charge on any atom is 0.276 e. The van der Waals surface area contributed by atoms with E-state index in [2.05, 4.69) is 23.2 Å². The molecule has 1 amide bonds. The zero-order valence-corrected chi connectivity index (χ0v) is 12.5. The van der Waals surface area contributed by atoms with Gasteiger partial charge in [-0.2, -0.15) is 0 Å². The smallest absolute Gasteiger partial charge is 0.276 e. The molecule has 1 fully saturated rings. The predicted molar refractivity (Wildman–Crippen MR) is 79.5 cm³/mol. The molecule has 1 aliphatic heterocycles. The molecule has 1 saturated heterocycles. The average Bonchev–Trinajstić information content (AvgIpc) is 3.12. The van der Waals surface area contributed by atoms with Crippen LogP contribution in [0.25, 0.3) is 0 Å². The number of benzene rings is 1. The third-order valence-corrected chi connectivity index (χ3v) is 4.73. The van der Waals surface area contributed by atoms with Crippen molar-refractivity contribution < 1.29 is 13.9 Å². The molecule has 1 unspecified atom stereocenters. The molecule has 4 rings (SSSR count). The van der Waals surface area contributed by atoms with Gasteiger partial charge in [-0.05, 0) is 30.9 Å². The van der Waals surface area contributed by atoms with Crippen LogP contribution in [0.5, 0.6) is 0 Å². The maximum atomic E-state index is 12.7. The molecule has 2 aromatic rings. The Labute approximate surface area is 128 Å². The van der Waals surface area contributed by atoms with E-state index in [0.29, 0.717) is 31.2 Å². The molecule has 114 valence electrons. The van der Waals surface area contributed by atoms with Crippen molar-refractivity contribution in [2.75, 3.05) is 19.7 Å².